The third-order valence-corrected chi connectivity index (χ3v) is 0. The summed E-state index contributed by atoms with van der Waals surface area (Å²) in [4.78, 5) is 51.3. The van der Waals surface area contributed by atoms with Crippen molar-refractivity contribution in [1.82, 2.24) is 0 Å². The van der Waals surface area contributed by atoms with Gasteiger partial charge in [0.1, 0.15) is 0 Å². The smallest absolute Gasteiger partial charge is 0.822 e. The first-order chi connectivity index (χ1) is 4.00. The summed E-state index contributed by atoms with van der Waals surface area (Å²) < 4.78 is 17.1. The van der Waals surface area contributed by atoms with Gasteiger partial charge in [0.25, 0.3) is 0 Å². The summed E-state index contributed by atoms with van der Waals surface area (Å²) in [6, 6.07) is 0. The molecule has 0 spiro atoms. The van der Waals surface area contributed by atoms with Crippen LogP contribution in [0, 0.1) is 0 Å². The first-order valence-electron chi connectivity index (χ1n) is 1.46. The van der Waals surface area contributed by atoms with E-state index in [-0.39, 0.29) is 162 Å². The van der Waals surface area contributed by atoms with Gasteiger partial charge in [-0.1, -0.05) is 0 Å². The predicted octanol–water partition coefficient (Wildman–Crippen LogP) is -17.6. The van der Waals surface area contributed by atoms with Gasteiger partial charge < -0.3 is 38.5 Å². The minimum atomic E-state index is -5.39. The van der Waals surface area contributed by atoms with Crippen LogP contribution in [0.25, 0.3) is 0 Å². The Hall–Kier alpha value is 5.49. The summed E-state index contributed by atoms with van der Waals surface area (Å²) in [6.07, 6.45) is 0. The fourth-order valence-electron chi connectivity index (χ4n) is 0. The molecule has 0 heterocycles. The number of phosphoric acid groups is 2. The number of hydrogen-bond acceptors (Lipinski definition) is 8. The van der Waals surface area contributed by atoms with E-state index in [1.54, 1.807) is 0 Å². The molecule has 0 amide bonds. The average molecular weight is 314 g/mol. The van der Waals surface area contributed by atoms with E-state index in [1.807, 2.05) is 0 Å². The van der Waals surface area contributed by atoms with Gasteiger partial charge in [0, 0.05) is 0 Å². The van der Waals surface area contributed by atoms with E-state index < -0.39 is 15.6 Å². The van der Waals surface area contributed by atoms with Crippen molar-refractivity contribution in [2.75, 3.05) is 0 Å². The van der Waals surface area contributed by atoms with Gasteiger partial charge in [-0.3, -0.25) is 0 Å². The monoisotopic (exact) mass is 314 g/mol. The Labute approximate surface area is 210 Å². The first-order valence-corrected chi connectivity index (χ1v) is 4.38. The van der Waals surface area contributed by atoms with Gasteiger partial charge in [0.05, 0.1) is 0 Å². The molecule has 0 saturated heterocycles. The van der Waals surface area contributed by atoms with Crippen LogP contribution in [0.5, 0.6) is 0 Å². The van der Waals surface area contributed by atoms with Gasteiger partial charge in [-0.2, -0.15) is 15.6 Å². The summed E-state index contributed by atoms with van der Waals surface area (Å²) in [5.41, 5.74) is 0. The van der Waals surface area contributed by atoms with Crippen molar-refractivity contribution in [2.24, 2.45) is 0 Å². The van der Waals surface area contributed by atoms with Crippen LogP contribution in [0.3, 0.4) is 0 Å². The van der Waals surface area contributed by atoms with Crippen molar-refractivity contribution < 1.29 is 200 Å². The second-order valence-corrected chi connectivity index (χ2v) is 2.68. The van der Waals surface area contributed by atoms with Crippen molar-refractivity contribution in [3.05, 3.63) is 0 Å². The Morgan fingerprint density at radius 1 is 0.571 bits per heavy atom. The Kier molecular flexibility index (Phi) is 48.4. The topological polar surface area (TPSA) is 172 Å². The third-order valence-electron chi connectivity index (χ3n) is 0. The minimum absolute atomic E-state index is 0. The zero-order chi connectivity index (χ0) is 9.00. The molecule has 0 aliphatic heterocycles. The summed E-state index contributed by atoms with van der Waals surface area (Å²) in [6.45, 7) is 0. The molecule has 0 aliphatic carbocycles. The molecule has 0 N–H and O–H groups in total. The van der Waals surface area contributed by atoms with Gasteiger partial charge in [-0.25, -0.2) is 0 Å². The van der Waals surface area contributed by atoms with Crippen molar-refractivity contribution in [1.29, 1.82) is 0 Å². The molecule has 64 valence electrons. The molecule has 0 unspecified atom stereocenters. The normalized spacial score (nSPS) is 8.43. The van der Waals surface area contributed by atoms with Crippen molar-refractivity contribution in [3.8, 4) is 0 Å². The molecule has 14 heavy (non-hydrogen) atoms. The molecule has 0 aromatic carbocycles. The molecule has 0 aliphatic rings. The second kappa shape index (κ2) is 18.5. The van der Waals surface area contributed by atoms with E-state index in [0.717, 1.165) is 0 Å². The standard InChI is InChI=1S/2K.2Na.2H3O4P/c;;;;2*1-5(2,3)4/h;;;;2*(H3,1,2,3,4)/q4*+1;;/p-6. The zero-order valence-corrected chi connectivity index (χ0v) is 20.2. The number of hydrogen-bond donors (Lipinski definition) is 0. The predicted molar refractivity (Wildman–Crippen MR) is 15.2 cm³/mol. The molecule has 14 heteroatoms. The molecule has 0 saturated carbocycles. The van der Waals surface area contributed by atoms with Gasteiger partial charge in [-0.05, 0) is 0 Å². The average Bonchev–Trinajstić information content (AvgIpc) is 1.12. The molecular formula is K2Na2O8P2-2. The second-order valence-electron chi connectivity index (χ2n) is 0.894. The van der Waals surface area contributed by atoms with Gasteiger partial charge in [-0.15, -0.1) is 0 Å². The number of rotatable bonds is 0. The van der Waals surface area contributed by atoms with Crippen LogP contribution >= 0.6 is 15.6 Å². The Balaban J connectivity index is -0.0000000178. The van der Waals surface area contributed by atoms with Gasteiger partial charge in [0.15, 0.2) is 0 Å². The molecule has 0 fully saturated rings. The van der Waals surface area contributed by atoms with E-state index >= 15 is 0 Å². The first kappa shape index (κ1) is 36.6. The molecule has 0 bridgehead atoms. The van der Waals surface area contributed by atoms with E-state index in [4.69, 9.17) is 38.5 Å². The SMILES string of the molecule is O=P([O-])([O-])[O-].O=P([O-])([O-])[O-].[K+].[K+].[Na+].[Na+]. The third kappa shape index (κ3) is 158. The summed E-state index contributed by atoms with van der Waals surface area (Å²) in [5.74, 6) is 0. The molecule has 8 nitrogen and oxygen atoms in total. The van der Waals surface area contributed by atoms with Crippen LogP contribution in [-0.2, 0) is 9.13 Å². The molecule has 0 rings (SSSR count). The maximum Gasteiger partial charge on any atom is 1.00 e. The van der Waals surface area contributed by atoms with Crippen LogP contribution in [0.4, 0.5) is 0 Å². The Bertz CT molecular complexity index is 136. The van der Waals surface area contributed by atoms with Crippen molar-refractivity contribution >= 4 is 15.6 Å². The van der Waals surface area contributed by atoms with Crippen molar-refractivity contribution in [2.45, 2.75) is 0 Å². The molecule has 0 atom stereocenters. The van der Waals surface area contributed by atoms with Crippen LogP contribution in [0.15, 0.2) is 0 Å². The summed E-state index contributed by atoms with van der Waals surface area (Å²) in [5, 5.41) is 0. The molecular weight excluding hydrogens is 314 g/mol. The van der Waals surface area contributed by atoms with Gasteiger partial charge in [0.2, 0.25) is 0 Å². The Morgan fingerprint density at radius 3 is 0.571 bits per heavy atom. The zero-order valence-electron chi connectivity index (χ0n) is 8.16. The fourth-order valence-corrected chi connectivity index (χ4v) is 0. The fraction of sp³-hybridized carbons (Fsp3) is 0. The summed E-state index contributed by atoms with van der Waals surface area (Å²) in [7, 11) is -10.8. The maximum absolute atomic E-state index is 8.55. The Morgan fingerprint density at radius 2 is 0.571 bits per heavy atom. The van der Waals surface area contributed by atoms with Gasteiger partial charge >= 0.3 is 162 Å². The molecule has 0 aromatic rings. The minimum Gasteiger partial charge on any atom is -0.822 e. The van der Waals surface area contributed by atoms with Crippen molar-refractivity contribution in [3.63, 3.8) is 0 Å². The maximum atomic E-state index is 8.55. The van der Waals surface area contributed by atoms with E-state index in [0.29, 0.717) is 0 Å². The van der Waals surface area contributed by atoms with E-state index in [9.17, 15) is 0 Å². The largest absolute Gasteiger partial charge is 1.00 e. The van der Waals surface area contributed by atoms with Crippen LogP contribution in [0.2, 0.25) is 0 Å². The molecule has 0 aromatic heterocycles. The summed E-state index contributed by atoms with van der Waals surface area (Å²) >= 11 is 0. The van der Waals surface area contributed by atoms with Crippen LogP contribution < -0.4 is 191 Å². The van der Waals surface area contributed by atoms with Crippen LogP contribution in [-0.4, -0.2) is 0 Å². The van der Waals surface area contributed by atoms with Crippen LogP contribution in [0.1, 0.15) is 0 Å². The van der Waals surface area contributed by atoms with E-state index in [1.165, 1.54) is 0 Å². The molecule has 0 radical (unpaired) electrons. The quantitative estimate of drug-likeness (QED) is 0.313. The van der Waals surface area contributed by atoms with E-state index in [2.05, 4.69) is 0 Å².